The molecule has 2 aliphatic heterocycles. The highest BCUT2D eigenvalue weighted by Gasteiger charge is 2.38. The molecule has 1 fully saturated rings. The van der Waals surface area contributed by atoms with Crippen LogP contribution >= 0.6 is 0 Å². The molecule has 0 aliphatic carbocycles. The molecule has 0 bridgehead atoms. The third-order valence-corrected chi connectivity index (χ3v) is 7.91. The van der Waals surface area contributed by atoms with Gasteiger partial charge in [0.05, 0.1) is 15.9 Å². The first kappa shape index (κ1) is 18.7. The Labute approximate surface area is 164 Å². The maximum absolute atomic E-state index is 13.3. The minimum atomic E-state index is -3.46. The van der Waals surface area contributed by atoms with Gasteiger partial charge in [-0.1, -0.05) is 18.2 Å². The third-order valence-electron chi connectivity index (χ3n) is 5.69. The molecular weight excluding hydrogens is 378 g/mol. The van der Waals surface area contributed by atoms with E-state index in [9.17, 15) is 18.5 Å². The van der Waals surface area contributed by atoms with Crippen molar-refractivity contribution in [1.82, 2.24) is 0 Å². The average molecular weight is 401 g/mol. The van der Waals surface area contributed by atoms with Crippen molar-refractivity contribution >= 4 is 27.1 Å². The topological polar surface area (TPSA) is 83.8 Å². The predicted octanol–water partition coefficient (Wildman–Crippen LogP) is 3.26. The molecule has 28 heavy (non-hydrogen) atoms. The molecule has 2 aromatic carbocycles. The molecule has 8 heteroatoms. The first-order chi connectivity index (χ1) is 13.4. The number of aryl methyl sites for hydroxylation is 1. The Balaban J connectivity index is 1.57. The van der Waals surface area contributed by atoms with Crippen LogP contribution in [0.4, 0.5) is 17.1 Å². The smallest absolute Gasteiger partial charge is 0.272 e. The van der Waals surface area contributed by atoms with Gasteiger partial charge in [-0.05, 0) is 49.9 Å². The second kappa shape index (κ2) is 7.09. The van der Waals surface area contributed by atoms with E-state index < -0.39 is 20.2 Å². The number of hydrogen-bond donors (Lipinski definition) is 0. The minimum absolute atomic E-state index is 0.0820. The van der Waals surface area contributed by atoms with E-state index in [0.717, 1.165) is 36.3 Å². The maximum Gasteiger partial charge on any atom is 0.272 e. The highest BCUT2D eigenvalue weighted by atomic mass is 32.2. The van der Waals surface area contributed by atoms with Gasteiger partial charge in [-0.15, -0.1) is 0 Å². The van der Waals surface area contributed by atoms with Crippen molar-refractivity contribution in [2.24, 2.45) is 0 Å². The molecule has 4 rings (SSSR count). The van der Waals surface area contributed by atoms with Crippen LogP contribution in [0.3, 0.4) is 0 Å². The fourth-order valence-electron chi connectivity index (χ4n) is 4.21. The van der Waals surface area contributed by atoms with Gasteiger partial charge in [0.25, 0.3) is 5.69 Å². The number of sulfonamides is 1. The van der Waals surface area contributed by atoms with Gasteiger partial charge in [0.2, 0.25) is 10.0 Å². The van der Waals surface area contributed by atoms with E-state index in [1.165, 1.54) is 6.07 Å². The second-order valence-electron chi connectivity index (χ2n) is 7.43. The Kier molecular flexibility index (Phi) is 4.74. The molecule has 1 saturated heterocycles. The van der Waals surface area contributed by atoms with Gasteiger partial charge in [0, 0.05) is 37.0 Å². The molecule has 0 amide bonds. The molecule has 2 heterocycles. The largest absolute Gasteiger partial charge is 0.370 e. The fourth-order valence-corrected chi connectivity index (χ4v) is 6.20. The lowest BCUT2D eigenvalue weighted by Gasteiger charge is -2.36. The molecule has 0 N–H and O–H groups in total. The molecule has 1 unspecified atom stereocenters. The molecule has 1 atom stereocenters. The van der Waals surface area contributed by atoms with E-state index in [1.54, 1.807) is 23.4 Å². The van der Waals surface area contributed by atoms with Crippen molar-refractivity contribution in [1.29, 1.82) is 0 Å². The Hall–Kier alpha value is -2.61. The molecule has 148 valence electrons. The van der Waals surface area contributed by atoms with Gasteiger partial charge in [-0.2, -0.15) is 0 Å². The van der Waals surface area contributed by atoms with E-state index in [2.05, 4.69) is 0 Å². The zero-order valence-corrected chi connectivity index (χ0v) is 16.6. The average Bonchev–Trinajstić information content (AvgIpc) is 3.12. The van der Waals surface area contributed by atoms with Gasteiger partial charge >= 0.3 is 0 Å². The molecule has 0 spiro atoms. The lowest BCUT2D eigenvalue weighted by Crippen LogP contribution is -2.47. The van der Waals surface area contributed by atoms with Gasteiger partial charge in [-0.3, -0.25) is 14.4 Å². The number of nitro benzene ring substituents is 1. The summed E-state index contributed by atoms with van der Waals surface area (Å²) in [6.45, 7) is 3.36. The maximum atomic E-state index is 13.3. The summed E-state index contributed by atoms with van der Waals surface area (Å²) in [4.78, 5) is 12.7. The van der Waals surface area contributed by atoms with Crippen molar-refractivity contribution in [2.75, 3.05) is 28.8 Å². The van der Waals surface area contributed by atoms with E-state index in [0.29, 0.717) is 25.1 Å². The second-order valence-corrected chi connectivity index (χ2v) is 9.57. The minimum Gasteiger partial charge on any atom is -0.370 e. The van der Waals surface area contributed by atoms with Crippen LogP contribution < -0.4 is 9.21 Å². The summed E-state index contributed by atoms with van der Waals surface area (Å²) < 4.78 is 28.3. The standard InChI is InChI=1S/C20H23N3O4S/c1-15-13-17(8-9-19(15)23(24)25)21-11-4-6-18(14-21)28(26,27)22-12-10-16-5-2-3-7-20(16)22/h2-3,5,7-9,13,18H,4,6,10-12,14H2,1H3. The Morgan fingerprint density at radius 1 is 1.14 bits per heavy atom. The third kappa shape index (κ3) is 3.22. The molecule has 0 radical (unpaired) electrons. The van der Waals surface area contributed by atoms with Crippen molar-refractivity contribution in [2.45, 2.75) is 31.4 Å². The summed E-state index contributed by atoms with van der Waals surface area (Å²) in [5.74, 6) is 0. The van der Waals surface area contributed by atoms with Crippen molar-refractivity contribution in [3.05, 3.63) is 63.7 Å². The number of rotatable bonds is 4. The summed E-state index contributed by atoms with van der Waals surface area (Å²) in [5.41, 5.74) is 3.37. The number of para-hydroxylation sites is 1. The quantitative estimate of drug-likeness (QED) is 0.580. The molecule has 2 aliphatic rings. The molecule has 0 saturated carbocycles. The molecule has 7 nitrogen and oxygen atoms in total. The van der Waals surface area contributed by atoms with Crippen LogP contribution in [0.15, 0.2) is 42.5 Å². The number of piperidine rings is 1. The fraction of sp³-hybridized carbons (Fsp3) is 0.400. The van der Waals surface area contributed by atoms with Gasteiger partial charge in [0.15, 0.2) is 0 Å². The highest BCUT2D eigenvalue weighted by Crippen LogP contribution is 2.34. The summed E-state index contributed by atoms with van der Waals surface area (Å²) in [7, 11) is -3.46. The Bertz CT molecular complexity index is 1020. The molecular formula is C20H23N3O4S. The van der Waals surface area contributed by atoms with Crippen LogP contribution in [-0.2, 0) is 16.4 Å². The van der Waals surface area contributed by atoms with E-state index in [1.807, 2.05) is 29.2 Å². The Morgan fingerprint density at radius 2 is 1.93 bits per heavy atom. The number of hydrogen-bond acceptors (Lipinski definition) is 5. The SMILES string of the molecule is Cc1cc(N2CCCC(S(=O)(=O)N3CCc4ccccc43)C2)ccc1[N+](=O)[O-]. The zero-order valence-electron chi connectivity index (χ0n) is 15.7. The van der Waals surface area contributed by atoms with Crippen LogP contribution in [0.25, 0.3) is 0 Å². The van der Waals surface area contributed by atoms with Crippen LogP contribution in [0.1, 0.15) is 24.0 Å². The summed E-state index contributed by atoms with van der Waals surface area (Å²) in [6, 6.07) is 12.7. The highest BCUT2D eigenvalue weighted by molar-refractivity contribution is 7.93. The van der Waals surface area contributed by atoms with Crippen LogP contribution in [0, 0.1) is 17.0 Å². The molecule has 2 aromatic rings. The van der Waals surface area contributed by atoms with E-state index in [4.69, 9.17) is 0 Å². The van der Waals surface area contributed by atoms with Crippen LogP contribution in [0.2, 0.25) is 0 Å². The van der Waals surface area contributed by atoms with Gasteiger partial charge in [0.1, 0.15) is 0 Å². The number of anilines is 2. The normalized spacial score (nSPS) is 19.5. The van der Waals surface area contributed by atoms with Crippen molar-refractivity contribution in [3.63, 3.8) is 0 Å². The van der Waals surface area contributed by atoms with Crippen molar-refractivity contribution < 1.29 is 13.3 Å². The monoisotopic (exact) mass is 401 g/mol. The van der Waals surface area contributed by atoms with Crippen LogP contribution in [0.5, 0.6) is 0 Å². The summed E-state index contributed by atoms with van der Waals surface area (Å²) in [6.07, 6.45) is 2.15. The Morgan fingerprint density at radius 3 is 2.68 bits per heavy atom. The number of nitro groups is 1. The summed E-state index contributed by atoms with van der Waals surface area (Å²) in [5, 5.41) is 10.6. The van der Waals surface area contributed by atoms with Gasteiger partial charge < -0.3 is 4.90 Å². The number of fused-ring (bicyclic) bond motifs is 1. The lowest BCUT2D eigenvalue weighted by atomic mass is 10.1. The van der Waals surface area contributed by atoms with Crippen LogP contribution in [-0.4, -0.2) is 38.2 Å². The first-order valence-corrected chi connectivity index (χ1v) is 11.0. The summed E-state index contributed by atoms with van der Waals surface area (Å²) >= 11 is 0. The van der Waals surface area contributed by atoms with E-state index >= 15 is 0 Å². The van der Waals surface area contributed by atoms with E-state index in [-0.39, 0.29) is 5.69 Å². The van der Waals surface area contributed by atoms with Gasteiger partial charge in [-0.25, -0.2) is 8.42 Å². The predicted molar refractivity (Wildman–Crippen MR) is 109 cm³/mol. The number of benzene rings is 2. The number of nitrogens with zero attached hydrogens (tertiary/aromatic N) is 3. The zero-order chi connectivity index (χ0) is 19.9. The first-order valence-electron chi connectivity index (χ1n) is 9.47. The van der Waals surface area contributed by atoms with Crippen molar-refractivity contribution in [3.8, 4) is 0 Å². The lowest BCUT2D eigenvalue weighted by molar-refractivity contribution is -0.385. The molecule has 0 aromatic heterocycles.